The largest absolute Gasteiger partial charge is 0.282 e. The van der Waals surface area contributed by atoms with E-state index in [1.54, 1.807) is 0 Å². The third-order valence-electron chi connectivity index (χ3n) is 2.60. The molecule has 0 radical (unpaired) electrons. The maximum atomic E-state index is 12.0. The Balaban J connectivity index is 2.07. The van der Waals surface area contributed by atoms with E-state index in [1.165, 1.54) is 18.2 Å². The van der Waals surface area contributed by atoms with Crippen LogP contribution < -0.4 is 4.89 Å². The van der Waals surface area contributed by atoms with Crippen molar-refractivity contribution in [2.45, 2.75) is 11.5 Å². The molecule has 0 bridgehead atoms. The molecule has 0 aromatic heterocycles. The van der Waals surface area contributed by atoms with Crippen molar-refractivity contribution in [3.8, 4) is 6.07 Å². The second kappa shape index (κ2) is 6.70. The summed E-state index contributed by atoms with van der Waals surface area (Å²) in [5.74, 6) is 0. The molecule has 0 aliphatic rings. The van der Waals surface area contributed by atoms with Crippen molar-refractivity contribution in [2.24, 2.45) is 0 Å². The normalized spacial score (nSPS) is 11.0. The number of nitrogens with zero attached hydrogens (tertiary/aromatic N) is 1. The van der Waals surface area contributed by atoms with E-state index < -0.39 is 10.0 Å². The summed E-state index contributed by atoms with van der Waals surface area (Å²) in [6, 6.07) is 14.9. The number of benzene rings is 2. The summed E-state index contributed by atoms with van der Waals surface area (Å²) in [7, 11) is -3.90. The first kappa shape index (κ1) is 15.5. The number of nitrogens with one attached hydrogen (secondary N) is 1. The second-order valence-corrected chi connectivity index (χ2v) is 6.14. The first-order valence-corrected chi connectivity index (χ1v) is 7.76. The number of nitriles is 1. The molecule has 2 aromatic carbocycles. The van der Waals surface area contributed by atoms with E-state index in [0.717, 1.165) is 5.56 Å². The molecule has 21 heavy (non-hydrogen) atoms. The van der Waals surface area contributed by atoms with Crippen molar-refractivity contribution >= 4 is 21.6 Å². The van der Waals surface area contributed by atoms with Crippen LogP contribution in [0.2, 0.25) is 5.02 Å². The molecule has 0 spiro atoms. The van der Waals surface area contributed by atoms with E-state index in [0.29, 0.717) is 0 Å². The highest BCUT2D eigenvalue weighted by atomic mass is 35.5. The van der Waals surface area contributed by atoms with Gasteiger partial charge in [-0.3, -0.25) is 4.84 Å². The lowest BCUT2D eigenvalue weighted by atomic mass is 10.2. The summed E-state index contributed by atoms with van der Waals surface area (Å²) in [5.41, 5.74) is 1.11. The van der Waals surface area contributed by atoms with Crippen LogP contribution in [0.25, 0.3) is 0 Å². The molecular formula is C14H11ClN2O3S. The lowest BCUT2D eigenvalue weighted by Crippen LogP contribution is -2.24. The summed E-state index contributed by atoms with van der Waals surface area (Å²) in [4.78, 5) is 6.85. The van der Waals surface area contributed by atoms with Gasteiger partial charge in [0.2, 0.25) is 0 Å². The van der Waals surface area contributed by atoms with Crippen LogP contribution in [0.4, 0.5) is 0 Å². The van der Waals surface area contributed by atoms with Gasteiger partial charge in [-0.05, 0) is 23.8 Å². The molecule has 0 amide bonds. The molecule has 2 rings (SSSR count). The van der Waals surface area contributed by atoms with E-state index in [4.69, 9.17) is 21.7 Å². The number of sulfonamides is 1. The average Bonchev–Trinajstić information content (AvgIpc) is 2.47. The van der Waals surface area contributed by atoms with Gasteiger partial charge in [0.1, 0.15) is 4.90 Å². The Labute approximate surface area is 127 Å². The zero-order chi connectivity index (χ0) is 15.3. The Morgan fingerprint density at radius 3 is 2.52 bits per heavy atom. The third-order valence-corrected chi connectivity index (χ3v) is 4.30. The third kappa shape index (κ3) is 4.03. The maximum absolute atomic E-state index is 12.0. The lowest BCUT2D eigenvalue weighted by Gasteiger charge is -2.08. The summed E-state index contributed by atoms with van der Waals surface area (Å²) >= 11 is 5.86. The van der Waals surface area contributed by atoms with Gasteiger partial charge in [0, 0.05) is 0 Å². The van der Waals surface area contributed by atoms with Crippen LogP contribution in [0.3, 0.4) is 0 Å². The Morgan fingerprint density at radius 1 is 1.19 bits per heavy atom. The molecule has 1 N–H and O–H groups in total. The molecule has 0 unspecified atom stereocenters. The fourth-order valence-corrected chi connectivity index (χ4v) is 2.95. The number of halogens is 1. The van der Waals surface area contributed by atoms with Gasteiger partial charge in [-0.25, -0.2) is 8.42 Å². The minimum absolute atomic E-state index is 0.0372. The fourth-order valence-electron chi connectivity index (χ4n) is 1.60. The zero-order valence-electron chi connectivity index (χ0n) is 10.8. The molecule has 2 aromatic rings. The van der Waals surface area contributed by atoms with Crippen LogP contribution in [0.1, 0.15) is 11.1 Å². The molecule has 0 saturated carbocycles. The van der Waals surface area contributed by atoms with Crippen LogP contribution in [0, 0.1) is 11.3 Å². The highest BCUT2D eigenvalue weighted by Gasteiger charge is 2.18. The summed E-state index contributed by atoms with van der Waals surface area (Å²) < 4.78 is 24.1. The molecule has 5 nitrogen and oxygen atoms in total. The van der Waals surface area contributed by atoms with E-state index in [9.17, 15) is 8.42 Å². The highest BCUT2D eigenvalue weighted by molar-refractivity contribution is 7.89. The predicted molar refractivity (Wildman–Crippen MR) is 77.7 cm³/mol. The van der Waals surface area contributed by atoms with Gasteiger partial charge in [-0.2, -0.15) is 5.26 Å². The Hall–Kier alpha value is -1.91. The number of hydrogen-bond donors (Lipinski definition) is 1. The van der Waals surface area contributed by atoms with Crippen molar-refractivity contribution in [2.75, 3.05) is 0 Å². The first-order valence-electron chi connectivity index (χ1n) is 5.90. The zero-order valence-corrected chi connectivity index (χ0v) is 12.4. The fraction of sp³-hybridized carbons (Fsp3) is 0.0714. The van der Waals surface area contributed by atoms with E-state index in [1.807, 2.05) is 41.3 Å². The van der Waals surface area contributed by atoms with E-state index in [2.05, 4.69) is 0 Å². The maximum Gasteiger partial charge on any atom is 0.263 e. The van der Waals surface area contributed by atoms with Crippen molar-refractivity contribution < 1.29 is 13.3 Å². The van der Waals surface area contributed by atoms with Gasteiger partial charge >= 0.3 is 0 Å². The minimum atomic E-state index is -3.90. The van der Waals surface area contributed by atoms with Gasteiger partial charge < -0.3 is 0 Å². The molecule has 0 atom stereocenters. The summed E-state index contributed by atoms with van der Waals surface area (Å²) in [5, 5.41) is 8.69. The molecule has 7 heteroatoms. The topological polar surface area (TPSA) is 79.2 Å². The molecule has 108 valence electrons. The minimum Gasteiger partial charge on any atom is -0.282 e. The first-order chi connectivity index (χ1) is 10.0. The van der Waals surface area contributed by atoms with Crippen molar-refractivity contribution in [3.05, 3.63) is 64.7 Å². The number of rotatable bonds is 5. The monoisotopic (exact) mass is 322 g/mol. The molecule has 0 fully saturated rings. The number of hydrogen-bond acceptors (Lipinski definition) is 4. The van der Waals surface area contributed by atoms with Crippen LogP contribution in [-0.2, 0) is 21.5 Å². The van der Waals surface area contributed by atoms with Crippen molar-refractivity contribution in [1.29, 1.82) is 5.26 Å². The molecule has 0 heterocycles. The van der Waals surface area contributed by atoms with Crippen molar-refractivity contribution in [1.82, 2.24) is 4.89 Å². The lowest BCUT2D eigenvalue weighted by molar-refractivity contribution is 0.0795. The van der Waals surface area contributed by atoms with Gasteiger partial charge in [0.05, 0.1) is 23.3 Å². The second-order valence-electron chi connectivity index (χ2n) is 4.12. The standard InChI is InChI=1S/C14H11ClN2O3S/c15-13-8-12(9-16)6-7-14(13)21(18,19)17-20-10-11-4-2-1-3-5-11/h1-8,17H,10H2. The molecule has 0 aliphatic heterocycles. The van der Waals surface area contributed by atoms with Crippen molar-refractivity contribution in [3.63, 3.8) is 0 Å². The molecule has 0 aliphatic carbocycles. The smallest absolute Gasteiger partial charge is 0.263 e. The van der Waals surface area contributed by atoms with Gasteiger partial charge in [-0.1, -0.05) is 46.8 Å². The highest BCUT2D eigenvalue weighted by Crippen LogP contribution is 2.22. The van der Waals surface area contributed by atoms with Crippen LogP contribution >= 0.6 is 11.6 Å². The Morgan fingerprint density at radius 2 is 1.90 bits per heavy atom. The van der Waals surface area contributed by atoms with Gasteiger partial charge in [0.15, 0.2) is 0 Å². The predicted octanol–water partition coefficient (Wildman–Crippen LogP) is 2.62. The Kier molecular flexibility index (Phi) is 4.94. The van der Waals surface area contributed by atoms with Crippen LogP contribution in [0.5, 0.6) is 0 Å². The summed E-state index contributed by atoms with van der Waals surface area (Å²) in [6.45, 7) is 0.0912. The quantitative estimate of drug-likeness (QED) is 0.858. The van der Waals surface area contributed by atoms with E-state index >= 15 is 0 Å². The van der Waals surface area contributed by atoms with Gasteiger partial charge in [0.25, 0.3) is 10.0 Å². The molecule has 0 saturated heterocycles. The van der Waals surface area contributed by atoms with Crippen LogP contribution in [-0.4, -0.2) is 8.42 Å². The van der Waals surface area contributed by atoms with Crippen LogP contribution in [0.15, 0.2) is 53.4 Å². The van der Waals surface area contributed by atoms with E-state index in [-0.39, 0.29) is 22.1 Å². The molecular weight excluding hydrogens is 312 g/mol. The van der Waals surface area contributed by atoms with Gasteiger partial charge in [-0.15, -0.1) is 0 Å². The SMILES string of the molecule is N#Cc1ccc(S(=O)(=O)NOCc2ccccc2)c(Cl)c1. The average molecular weight is 323 g/mol. The Bertz CT molecular complexity index is 771. The summed E-state index contributed by atoms with van der Waals surface area (Å²) in [6.07, 6.45) is 0.